The van der Waals surface area contributed by atoms with Crippen molar-refractivity contribution in [1.82, 2.24) is 0 Å². The summed E-state index contributed by atoms with van der Waals surface area (Å²) in [6.45, 7) is 0. The topological polar surface area (TPSA) is 0 Å². The first kappa shape index (κ1) is 9.92. The van der Waals surface area contributed by atoms with Crippen LogP contribution in [0.5, 0.6) is 0 Å². The lowest BCUT2D eigenvalue weighted by atomic mass is 10.3. The van der Waals surface area contributed by atoms with Crippen LogP contribution in [0, 0.1) is 5.82 Å². The summed E-state index contributed by atoms with van der Waals surface area (Å²) < 4.78 is 36.8. The summed E-state index contributed by atoms with van der Waals surface area (Å²) in [5, 5.41) is 0. The van der Waals surface area contributed by atoms with E-state index < -0.39 is 11.6 Å². The maximum Gasteiger partial charge on any atom is 0.289 e. The number of alkyl halides is 2. The van der Waals surface area contributed by atoms with Crippen molar-refractivity contribution < 1.29 is 13.2 Å². The zero-order chi connectivity index (χ0) is 9.14. The first-order chi connectivity index (χ1) is 5.61. The quantitative estimate of drug-likeness (QED) is 0.724. The summed E-state index contributed by atoms with van der Waals surface area (Å²) in [4.78, 5) is -0.0422. The van der Waals surface area contributed by atoms with Crippen LogP contribution < -0.4 is 0 Å². The second-order valence-electron chi connectivity index (χ2n) is 1.93. The highest BCUT2D eigenvalue weighted by atomic mass is 79.9. The number of thioether (sulfide) groups is 1. The normalized spacial score (nSPS) is 10.8. The van der Waals surface area contributed by atoms with Gasteiger partial charge in [0.1, 0.15) is 0 Å². The Bertz CT molecular complexity index is 277. The lowest BCUT2D eigenvalue weighted by molar-refractivity contribution is 0.251. The highest BCUT2D eigenvalue weighted by Gasteiger charge is 2.11. The predicted octanol–water partition coefficient (Wildman–Crippen LogP) is 3.90. The van der Waals surface area contributed by atoms with Crippen LogP contribution in [0.25, 0.3) is 0 Å². The molecule has 1 rings (SSSR count). The van der Waals surface area contributed by atoms with Crippen LogP contribution in [0.4, 0.5) is 13.2 Å². The van der Waals surface area contributed by atoms with Crippen molar-refractivity contribution in [2.24, 2.45) is 0 Å². The third-order valence-corrected chi connectivity index (χ3v) is 2.49. The van der Waals surface area contributed by atoms with Gasteiger partial charge in [-0.15, -0.1) is 0 Å². The van der Waals surface area contributed by atoms with E-state index in [1.807, 2.05) is 0 Å². The number of rotatable bonds is 2. The molecule has 0 saturated carbocycles. The minimum atomic E-state index is -2.59. The Morgan fingerprint density at radius 3 is 2.58 bits per heavy atom. The third-order valence-electron chi connectivity index (χ3n) is 1.13. The summed E-state index contributed by atoms with van der Waals surface area (Å²) in [6, 6.07) is 4.29. The Kier molecular flexibility index (Phi) is 3.46. The van der Waals surface area contributed by atoms with Crippen molar-refractivity contribution in [3.05, 3.63) is 28.5 Å². The van der Waals surface area contributed by atoms with E-state index in [0.717, 1.165) is 0 Å². The van der Waals surface area contributed by atoms with Crippen molar-refractivity contribution >= 4 is 27.7 Å². The Morgan fingerprint density at radius 1 is 1.33 bits per heavy atom. The van der Waals surface area contributed by atoms with Gasteiger partial charge in [-0.2, -0.15) is 8.78 Å². The molecule has 0 aliphatic rings. The molecule has 1 aromatic rings. The highest BCUT2D eigenvalue weighted by Crippen LogP contribution is 2.30. The fourth-order valence-corrected chi connectivity index (χ4v) is 1.73. The monoisotopic (exact) mass is 256 g/mol. The molecule has 0 nitrogen and oxygen atoms in total. The first-order valence-corrected chi connectivity index (χ1v) is 4.67. The molecular weight excluding hydrogens is 253 g/mol. The van der Waals surface area contributed by atoms with Crippen LogP contribution >= 0.6 is 27.7 Å². The molecule has 0 spiro atoms. The maximum atomic E-state index is 13.0. The lowest BCUT2D eigenvalue weighted by Gasteiger charge is -2.02. The summed E-state index contributed by atoms with van der Waals surface area (Å²) in [5.74, 6) is -3.23. The van der Waals surface area contributed by atoms with Crippen LogP contribution in [-0.4, -0.2) is 5.76 Å². The Morgan fingerprint density at radius 2 is 2.00 bits per heavy atom. The van der Waals surface area contributed by atoms with Crippen LogP contribution in [0.15, 0.2) is 27.6 Å². The largest absolute Gasteiger partial charge is 0.289 e. The van der Waals surface area contributed by atoms with Crippen LogP contribution in [-0.2, 0) is 0 Å². The van der Waals surface area contributed by atoms with Gasteiger partial charge in [0, 0.05) is 4.90 Å². The molecule has 0 fully saturated rings. The molecule has 0 saturated heterocycles. The van der Waals surface area contributed by atoms with E-state index in [0.29, 0.717) is 0 Å². The van der Waals surface area contributed by atoms with E-state index in [2.05, 4.69) is 15.9 Å². The summed E-state index contributed by atoms with van der Waals surface area (Å²) in [6.07, 6.45) is 0. The summed E-state index contributed by atoms with van der Waals surface area (Å²) in [5.41, 5.74) is 0. The molecule has 0 heterocycles. The molecule has 0 atom stereocenters. The van der Waals surface area contributed by atoms with Crippen molar-refractivity contribution in [3.8, 4) is 0 Å². The van der Waals surface area contributed by atoms with Crippen molar-refractivity contribution in [1.29, 1.82) is 0 Å². The lowest BCUT2D eigenvalue weighted by Crippen LogP contribution is -1.86. The fraction of sp³-hybridized carbons (Fsp3) is 0.143. The van der Waals surface area contributed by atoms with E-state index in [-0.39, 0.29) is 21.1 Å². The molecule has 12 heavy (non-hydrogen) atoms. The summed E-state index contributed by atoms with van der Waals surface area (Å²) in [7, 11) is 0. The minimum Gasteiger partial charge on any atom is -0.205 e. The molecule has 0 amide bonds. The Labute approximate surface area is 80.3 Å². The van der Waals surface area contributed by atoms with E-state index in [1.54, 1.807) is 0 Å². The van der Waals surface area contributed by atoms with Gasteiger partial charge in [-0.1, -0.05) is 17.8 Å². The van der Waals surface area contributed by atoms with Crippen molar-refractivity contribution in [2.45, 2.75) is 10.7 Å². The molecule has 5 heteroatoms. The van der Waals surface area contributed by atoms with Crippen molar-refractivity contribution in [3.63, 3.8) is 0 Å². The van der Waals surface area contributed by atoms with Gasteiger partial charge in [0.25, 0.3) is 5.76 Å². The second-order valence-corrected chi connectivity index (χ2v) is 3.82. The number of benzene rings is 1. The van der Waals surface area contributed by atoms with Crippen LogP contribution in [0.1, 0.15) is 0 Å². The number of halogens is 4. The van der Waals surface area contributed by atoms with E-state index in [4.69, 9.17) is 0 Å². The standard InChI is InChI=1S/C7H4BrF3S/c8-4-2-1-3-5(6(4)9)12-7(10)11/h1-3,7H. The van der Waals surface area contributed by atoms with Gasteiger partial charge in [-0.05, 0) is 28.1 Å². The SMILES string of the molecule is Fc1c(Br)cccc1SC(F)F. The number of hydrogen-bond acceptors (Lipinski definition) is 1. The molecule has 0 aliphatic carbocycles. The Balaban J connectivity index is 2.92. The van der Waals surface area contributed by atoms with Gasteiger partial charge in [0.05, 0.1) is 4.47 Å². The van der Waals surface area contributed by atoms with Gasteiger partial charge in [-0.25, -0.2) is 4.39 Å². The molecular formula is C7H4BrF3S. The third kappa shape index (κ3) is 2.42. The molecule has 1 aromatic carbocycles. The average Bonchev–Trinajstić information content (AvgIpc) is 1.98. The van der Waals surface area contributed by atoms with Gasteiger partial charge in [0.15, 0.2) is 5.82 Å². The molecule has 0 aliphatic heterocycles. The predicted molar refractivity (Wildman–Crippen MR) is 46.0 cm³/mol. The first-order valence-electron chi connectivity index (χ1n) is 3.00. The van der Waals surface area contributed by atoms with Crippen LogP contribution in [0.2, 0.25) is 0 Å². The van der Waals surface area contributed by atoms with E-state index >= 15 is 0 Å². The molecule has 0 aromatic heterocycles. The van der Waals surface area contributed by atoms with Gasteiger partial charge < -0.3 is 0 Å². The van der Waals surface area contributed by atoms with Crippen LogP contribution in [0.3, 0.4) is 0 Å². The van der Waals surface area contributed by atoms with Gasteiger partial charge in [0.2, 0.25) is 0 Å². The zero-order valence-electron chi connectivity index (χ0n) is 5.73. The Hall–Kier alpha value is -0.160. The molecule has 0 radical (unpaired) electrons. The van der Waals surface area contributed by atoms with Gasteiger partial charge >= 0.3 is 0 Å². The van der Waals surface area contributed by atoms with E-state index in [1.165, 1.54) is 18.2 Å². The molecule has 66 valence electrons. The molecule has 0 unspecified atom stereocenters. The number of hydrogen-bond donors (Lipinski definition) is 0. The van der Waals surface area contributed by atoms with E-state index in [9.17, 15) is 13.2 Å². The minimum absolute atomic E-state index is 0.0422. The zero-order valence-corrected chi connectivity index (χ0v) is 8.13. The van der Waals surface area contributed by atoms with Gasteiger partial charge in [-0.3, -0.25) is 0 Å². The molecule has 0 N–H and O–H groups in total. The maximum absolute atomic E-state index is 13.0. The fourth-order valence-electron chi connectivity index (χ4n) is 0.671. The smallest absolute Gasteiger partial charge is 0.205 e. The second kappa shape index (κ2) is 4.18. The average molecular weight is 257 g/mol. The summed E-state index contributed by atoms with van der Waals surface area (Å²) >= 11 is 3.10. The molecule has 0 bridgehead atoms. The van der Waals surface area contributed by atoms with Crippen molar-refractivity contribution in [2.75, 3.05) is 0 Å². The highest BCUT2D eigenvalue weighted by molar-refractivity contribution is 9.10.